The minimum atomic E-state index is -4.62. The zero-order valence-corrected chi connectivity index (χ0v) is 13.4. The van der Waals surface area contributed by atoms with Crippen LogP contribution >= 0.6 is 0 Å². The number of nitrogens with zero attached hydrogens (tertiary/aromatic N) is 3. The minimum Gasteiger partial charge on any atom is -0.334 e. The molecule has 1 atom stereocenters. The highest BCUT2D eigenvalue weighted by molar-refractivity contribution is 7.90. The third kappa shape index (κ3) is 3.94. The van der Waals surface area contributed by atoms with Crippen LogP contribution in [-0.4, -0.2) is 42.4 Å². The number of H-pyrrole nitrogens is 1. The average Bonchev–Trinajstić information content (AvgIpc) is 3.11. The second-order valence-electron chi connectivity index (χ2n) is 5.57. The second-order valence-corrected chi connectivity index (χ2v) is 7.02. The van der Waals surface area contributed by atoms with Gasteiger partial charge in [-0.05, 0) is 24.6 Å². The van der Waals surface area contributed by atoms with E-state index in [2.05, 4.69) is 19.4 Å². The highest BCUT2D eigenvalue weighted by Crippen LogP contribution is 2.29. The van der Waals surface area contributed by atoms with Crippen molar-refractivity contribution in [1.29, 1.82) is 5.26 Å². The first-order valence-electron chi connectivity index (χ1n) is 7.18. The number of rotatable bonds is 4. The Balaban J connectivity index is 1.74. The predicted octanol–water partition coefficient (Wildman–Crippen LogP) is 1.38. The van der Waals surface area contributed by atoms with Crippen molar-refractivity contribution in [3.8, 4) is 6.19 Å². The molecule has 3 rings (SSSR count). The van der Waals surface area contributed by atoms with Gasteiger partial charge >= 0.3 is 6.18 Å². The molecule has 3 N–H and O–H groups in total. The Morgan fingerprint density at radius 1 is 1.40 bits per heavy atom. The van der Waals surface area contributed by atoms with Gasteiger partial charge in [0.2, 0.25) is 5.82 Å². The Morgan fingerprint density at radius 3 is 2.80 bits per heavy atom. The van der Waals surface area contributed by atoms with Crippen LogP contribution in [-0.2, 0) is 16.4 Å². The summed E-state index contributed by atoms with van der Waals surface area (Å²) in [5, 5.41) is 8.77. The zero-order chi connectivity index (χ0) is 18.2. The molecule has 0 aliphatic carbocycles. The SMILES string of the molecule is N#CN1CC[C@@H](NS(=O)(=O)Nc2ccc3nc(C(F)(F)F)[nH]c3c2)C1. The summed E-state index contributed by atoms with van der Waals surface area (Å²) in [5.41, 5.74) is 0.222. The van der Waals surface area contributed by atoms with Crippen LogP contribution in [0.25, 0.3) is 11.0 Å². The number of hydrogen-bond donors (Lipinski definition) is 3. The first-order valence-corrected chi connectivity index (χ1v) is 8.66. The number of aromatic nitrogens is 2. The van der Waals surface area contributed by atoms with Crippen LogP contribution in [0.3, 0.4) is 0 Å². The van der Waals surface area contributed by atoms with E-state index in [-0.39, 0.29) is 23.3 Å². The summed E-state index contributed by atoms with van der Waals surface area (Å²) < 4.78 is 66.8. The van der Waals surface area contributed by atoms with Crippen molar-refractivity contribution in [2.45, 2.75) is 18.6 Å². The number of nitrogens with one attached hydrogen (secondary N) is 3. The molecule has 0 unspecified atom stereocenters. The summed E-state index contributed by atoms with van der Waals surface area (Å²) in [6.45, 7) is 0.732. The summed E-state index contributed by atoms with van der Waals surface area (Å²) in [6, 6.07) is 3.42. The third-order valence-electron chi connectivity index (χ3n) is 3.65. The number of nitriles is 1. The minimum absolute atomic E-state index is 0.0593. The van der Waals surface area contributed by atoms with Gasteiger partial charge in [-0.15, -0.1) is 0 Å². The lowest BCUT2D eigenvalue weighted by atomic mass is 10.3. The van der Waals surface area contributed by atoms with Crippen LogP contribution in [0.5, 0.6) is 0 Å². The molecule has 134 valence electrons. The van der Waals surface area contributed by atoms with Crippen molar-refractivity contribution < 1.29 is 21.6 Å². The first-order chi connectivity index (χ1) is 11.7. The van der Waals surface area contributed by atoms with E-state index in [0.717, 1.165) is 0 Å². The van der Waals surface area contributed by atoms with Gasteiger partial charge in [-0.3, -0.25) is 4.72 Å². The van der Waals surface area contributed by atoms with Gasteiger partial charge in [0.1, 0.15) is 0 Å². The van der Waals surface area contributed by atoms with Gasteiger partial charge in [0, 0.05) is 19.1 Å². The van der Waals surface area contributed by atoms with E-state index in [1.807, 2.05) is 6.19 Å². The van der Waals surface area contributed by atoms with Gasteiger partial charge in [-0.25, -0.2) is 4.98 Å². The summed E-state index contributed by atoms with van der Waals surface area (Å²) in [6.07, 6.45) is -2.19. The third-order valence-corrected chi connectivity index (χ3v) is 4.80. The number of halogens is 3. The van der Waals surface area contributed by atoms with E-state index >= 15 is 0 Å². The van der Waals surface area contributed by atoms with Crippen LogP contribution in [0.4, 0.5) is 18.9 Å². The van der Waals surface area contributed by atoms with Crippen LogP contribution in [0.1, 0.15) is 12.2 Å². The lowest BCUT2D eigenvalue weighted by Crippen LogP contribution is -2.39. The lowest BCUT2D eigenvalue weighted by molar-refractivity contribution is -0.144. The summed E-state index contributed by atoms with van der Waals surface area (Å²) in [7, 11) is -3.93. The van der Waals surface area contributed by atoms with Gasteiger partial charge in [0.25, 0.3) is 10.2 Å². The van der Waals surface area contributed by atoms with E-state index in [4.69, 9.17) is 5.26 Å². The quantitative estimate of drug-likeness (QED) is 0.700. The Hall–Kier alpha value is -2.52. The number of benzene rings is 1. The Morgan fingerprint density at radius 2 is 2.16 bits per heavy atom. The lowest BCUT2D eigenvalue weighted by Gasteiger charge is -2.14. The summed E-state index contributed by atoms with van der Waals surface area (Å²) in [5.74, 6) is -1.15. The van der Waals surface area contributed by atoms with Crippen molar-refractivity contribution in [2.75, 3.05) is 17.8 Å². The number of alkyl halides is 3. The fraction of sp³-hybridized carbons (Fsp3) is 0.385. The molecule has 0 bridgehead atoms. The molecule has 0 saturated carbocycles. The largest absolute Gasteiger partial charge is 0.449 e. The summed E-state index contributed by atoms with van der Waals surface area (Å²) in [4.78, 5) is 6.96. The van der Waals surface area contributed by atoms with Crippen molar-refractivity contribution in [1.82, 2.24) is 19.6 Å². The fourth-order valence-electron chi connectivity index (χ4n) is 2.56. The molecule has 1 aromatic carbocycles. The normalized spacial score (nSPS) is 18.5. The van der Waals surface area contributed by atoms with Gasteiger partial charge in [0.15, 0.2) is 6.19 Å². The van der Waals surface area contributed by atoms with E-state index in [9.17, 15) is 21.6 Å². The molecule has 0 amide bonds. The molecule has 12 heteroatoms. The van der Waals surface area contributed by atoms with Crippen LogP contribution in [0.2, 0.25) is 0 Å². The van der Waals surface area contributed by atoms with E-state index in [1.54, 1.807) is 0 Å². The number of likely N-dealkylation sites (tertiary alicyclic amines) is 1. The number of imidazole rings is 1. The molecular weight excluding hydrogens is 361 g/mol. The van der Waals surface area contributed by atoms with E-state index in [1.165, 1.54) is 23.1 Å². The molecular formula is C13H13F3N6O2S. The van der Waals surface area contributed by atoms with Crippen LogP contribution in [0, 0.1) is 11.5 Å². The number of aromatic amines is 1. The van der Waals surface area contributed by atoms with Gasteiger partial charge in [-0.2, -0.15) is 31.6 Å². The number of anilines is 1. The van der Waals surface area contributed by atoms with E-state index < -0.39 is 28.3 Å². The molecule has 0 spiro atoms. The molecule has 1 aliphatic heterocycles. The van der Waals surface area contributed by atoms with Gasteiger partial charge < -0.3 is 9.88 Å². The average molecular weight is 374 g/mol. The topological polar surface area (TPSA) is 114 Å². The number of hydrogen-bond acceptors (Lipinski definition) is 5. The molecule has 1 aliphatic rings. The maximum Gasteiger partial charge on any atom is 0.449 e. The monoisotopic (exact) mass is 374 g/mol. The van der Waals surface area contributed by atoms with Crippen molar-refractivity contribution >= 4 is 26.9 Å². The molecule has 2 aromatic rings. The van der Waals surface area contributed by atoms with Crippen molar-refractivity contribution in [2.24, 2.45) is 0 Å². The Kier molecular flexibility index (Phi) is 4.21. The smallest absolute Gasteiger partial charge is 0.334 e. The molecule has 8 nitrogen and oxygen atoms in total. The standard InChI is InChI=1S/C13H13F3N6O2S/c14-13(15,16)12-18-10-2-1-8(5-11(10)19-12)20-25(23,24)21-9-3-4-22(6-9)7-17/h1-2,5,9,20-21H,3-4,6H2,(H,18,19)/t9-/m1/s1. The molecule has 1 saturated heterocycles. The highest BCUT2D eigenvalue weighted by Gasteiger charge is 2.34. The van der Waals surface area contributed by atoms with Crippen LogP contribution in [0.15, 0.2) is 18.2 Å². The van der Waals surface area contributed by atoms with Gasteiger partial charge in [0.05, 0.1) is 16.7 Å². The maximum atomic E-state index is 12.6. The Labute approximate surface area is 140 Å². The van der Waals surface area contributed by atoms with Gasteiger partial charge in [-0.1, -0.05) is 0 Å². The van der Waals surface area contributed by atoms with E-state index in [0.29, 0.717) is 13.0 Å². The second kappa shape index (κ2) is 6.08. The molecule has 2 heterocycles. The fourth-order valence-corrected chi connectivity index (χ4v) is 3.69. The molecule has 0 radical (unpaired) electrons. The van der Waals surface area contributed by atoms with Crippen molar-refractivity contribution in [3.05, 3.63) is 24.0 Å². The predicted molar refractivity (Wildman–Crippen MR) is 82.4 cm³/mol. The molecule has 1 fully saturated rings. The molecule has 25 heavy (non-hydrogen) atoms. The van der Waals surface area contributed by atoms with Crippen molar-refractivity contribution in [3.63, 3.8) is 0 Å². The first kappa shape index (κ1) is 17.3. The molecule has 1 aromatic heterocycles. The summed E-state index contributed by atoms with van der Waals surface area (Å²) >= 11 is 0. The highest BCUT2D eigenvalue weighted by atomic mass is 32.2. The maximum absolute atomic E-state index is 12.6. The van der Waals surface area contributed by atoms with Crippen LogP contribution < -0.4 is 9.44 Å². The zero-order valence-electron chi connectivity index (χ0n) is 12.6. The Bertz CT molecular complexity index is 933. The number of fused-ring (bicyclic) bond motifs is 1.